The number of hydrogen-bond acceptors (Lipinski definition) is 2. The van der Waals surface area contributed by atoms with E-state index in [1.165, 1.54) is 12.8 Å². The molecule has 2 fully saturated rings. The molecule has 1 aromatic carbocycles. The first-order valence-electron chi connectivity index (χ1n) is 8.74. The van der Waals surface area contributed by atoms with Crippen LogP contribution in [0, 0.1) is 11.8 Å². The molecule has 3 rings (SSSR count). The molecule has 0 aromatic heterocycles. The van der Waals surface area contributed by atoms with Crippen molar-refractivity contribution >= 4 is 11.8 Å². The average Bonchev–Trinajstić information content (AvgIpc) is 2.92. The van der Waals surface area contributed by atoms with Gasteiger partial charge < -0.3 is 10.2 Å². The van der Waals surface area contributed by atoms with Crippen LogP contribution in [0.3, 0.4) is 0 Å². The second kappa shape index (κ2) is 7.16. The first-order valence-corrected chi connectivity index (χ1v) is 8.74. The molecule has 2 amide bonds. The van der Waals surface area contributed by atoms with Gasteiger partial charge in [0, 0.05) is 25.6 Å². The number of nitrogens with one attached hydrogen (secondary N) is 1. The molecule has 1 saturated carbocycles. The second-order valence-electron chi connectivity index (χ2n) is 7.13. The van der Waals surface area contributed by atoms with Crippen LogP contribution in [0.15, 0.2) is 30.3 Å². The Hall–Kier alpha value is -1.84. The molecule has 23 heavy (non-hydrogen) atoms. The first kappa shape index (κ1) is 16.0. The van der Waals surface area contributed by atoms with Gasteiger partial charge in [-0.15, -0.1) is 0 Å². The Morgan fingerprint density at radius 3 is 2.57 bits per heavy atom. The molecule has 4 heteroatoms. The van der Waals surface area contributed by atoms with Crippen molar-refractivity contribution in [2.45, 2.75) is 51.6 Å². The highest BCUT2D eigenvalue weighted by molar-refractivity contribution is 5.89. The number of benzene rings is 1. The molecule has 0 radical (unpaired) electrons. The maximum atomic E-state index is 12.4. The highest BCUT2D eigenvalue weighted by atomic mass is 16.2. The van der Waals surface area contributed by atoms with Gasteiger partial charge in [-0.05, 0) is 37.2 Å². The molecule has 2 aliphatic rings. The molecule has 4 nitrogen and oxygen atoms in total. The Labute approximate surface area is 138 Å². The van der Waals surface area contributed by atoms with Crippen molar-refractivity contribution in [2.75, 3.05) is 6.54 Å². The van der Waals surface area contributed by atoms with E-state index in [-0.39, 0.29) is 17.7 Å². The van der Waals surface area contributed by atoms with Gasteiger partial charge in [0.15, 0.2) is 0 Å². The summed E-state index contributed by atoms with van der Waals surface area (Å²) >= 11 is 0. The fraction of sp³-hybridized carbons (Fsp3) is 0.579. The molecular weight excluding hydrogens is 288 g/mol. The van der Waals surface area contributed by atoms with E-state index in [2.05, 4.69) is 12.2 Å². The van der Waals surface area contributed by atoms with Crippen LogP contribution >= 0.6 is 0 Å². The van der Waals surface area contributed by atoms with E-state index in [1.807, 2.05) is 35.2 Å². The summed E-state index contributed by atoms with van der Waals surface area (Å²) in [5.41, 5.74) is 1.11. The van der Waals surface area contributed by atoms with Crippen LogP contribution in [0.2, 0.25) is 0 Å². The summed E-state index contributed by atoms with van der Waals surface area (Å²) in [6.07, 6.45) is 4.87. The fourth-order valence-electron chi connectivity index (χ4n) is 3.63. The molecule has 1 aliphatic carbocycles. The van der Waals surface area contributed by atoms with Gasteiger partial charge >= 0.3 is 0 Å². The van der Waals surface area contributed by atoms with Crippen LogP contribution in [0.5, 0.6) is 0 Å². The van der Waals surface area contributed by atoms with Crippen LogP contribution in [0.1, 0.15) is 44.6 Å². The van der Waals surface area contributed by atoms with Gasteiger partial charge in [-0.3, -0.25) is 9.59 Å². The van der Waals surface area contributed by atoms with Crippen molar-refractivity contribution in [3.8, 4) is 0 Å². The van der Waals surface area contributed by atoms with Crippen LogP contribution in [-0.2, 0) is 16.1 Å². The van der Waals surface area contributed by atoms with E-state index in [0.29, 0.717) is 25.6 Å². The average molecular weight is 314 g/mol. The van der Waals surface area contributed by atoms with Crippen LogP contribution < -0.4 is 5.32 Å². The number of likely N-dealkylation sites (tertiary alicyclic amines) is 1. The van der Waals surface area contributed by atoms with E-state index in [0.717, 1.165) is 24.3 Å². The molecule has 0 unspecified atom stereocenters. The van der Waals surface area contributed by atoms with Crippen molar-refractivity contribution in [1.29, 1.82) is 0 Å². The minimum atomic E-state index is -0.189. The van der Waals surface area contributed by atoms with Gasteiger partial charge in [0.1, 0.15) is 0 Å². The lowest BCUT2D eigenvalue weighted by molar-refractivity contribution is -0.129. The van der Waals surface area contributed by atoms with Crippen LogP contribution in [-0.4, -0.2) is 29.3 Å². The highest BCUT2D eigenvalue weighted by Gasteiger charge is 2.35. The quantitative estimate of drug-likeness (QED) is 0.929. The largest absolute Gasteiger partial charge is 0.353 e. The number of rotatable bonds is 4. The molecule has 1 aliphatic heterocycles. The molecule has 0 spiro atoms. The van der Waals surface area contributed by atoms with Crippen molar-refractivity contribution in [3.05, 3.63) is 35.9 Å². The Bertz CT molecular complexity index is 550. The standard InChI is InChI=1S/C19H26N2O2/c1-14-7-9-17(10-8-14)20-19(23)16-11-18(22)21(13-16)12-15-5-3-2-4-6-15/h2-6,14,16-17H,7-13H2,1H3,(H,20,23)/t14?,16-,17?/m0/s1. The van der Waals surface area contributed by atoms with Crippen molar-refractivity contribution < 1.29 is 9.59 Å². The number of carbonyl (C=O) groups excluding carboxylic acids is 2. The van der Waals surface area contributed by atoms with Crippen molar-refractivity contribution in [1.82, 2.24) is 10.2 Å². The SMILES string of the molecule is CC1CCC(NC(=O)[C@H]2CC(=O)N(Cc3ccccc3)C2)CC1. The summed E-state index contributed by atoms with van der Waals surface area (Å²) < 4.78 is 0. The molecule has 1 aromatic rings. The summed E-state index contributed by atoms with van der Waals surface area (Å²) in [6.45, 7) is 3.42. The summed E-state index contributed by atoms with van der Waals surface area (Å²) in [6, 6.07) is 10.3. The van der Waals surface area contributed by atoms with Gasteiger partial charge in [-0.2, -0.15) is 0 Å². The summed E-state index contributed by atoms with van der Waals surface area (Å²) in [5.74, 6) is 0.739. The Kier molecular flexibility index (Phi) is 4.99. The number of hydrogen-bond donors (Lipinski definition) is 1. The molecule has 1 heterocycles. The minimum absolute atomic E-state index is 0.0634. The highest BCUT2D eigenvalue weighted by Crippen LogP contribution is 2.25. The van der Waals surface area contributed by atoms with Crippen molar-refractivity contribution in [3.63, 3.8) is 0 Å². The fourth-order valence-corrected chi connectivity index (χ4v) is 3.63. The molecule has 0 bridgehead atoms. The van der Waals surface area contributed by atoms with E-state index in [1.54, 1.807) is 0 Å². The lowest BCUT2D eigenvalue weighted by Gasteiger charge is -2.27. The predicted molar refractivity (Wildman–Crippen MR) is 89.5 cm³/mol. The third-order valence-corrected chi connectivity index (χ3v) is 5.16. The maximum absolute atomic E-state index is 12.4. The zero-order chi connectivity index (χ0) is 16.2. The Morgan fingerprint density at radius 1 is 1.17 bits per heavy atom. The molecule has 1 atom stereocenters. The molecular formula is C19H26N2O2. The molecule has 1 N–H and O–H groups in total. The first-order chi connectivity index (χ1) is 11.1. The summed E-state index contributed by atoms with van der Waals surface area (Å²) in [4.78, 5) is 26.4. The normalized spacial score (nSPS) is 28.0. The molecule has 124 valence electrons. The smallest absolute Gasteiger partial charge is 0.225 e. The number of amides is 2. The van der Waals surface area contributed by atoms with Gasteiger partial charge in [0.2, 0.25) is 11.8 Å². The van der Waals surface area contributed by atoms with Gasteiger partial charge in [0.05, 0.1) is 5.92 Å². The maximum Gasteiger partial charge on any atom is 0.225 e. The second-order valence-corrected chi connectivity index (χ2v) is 7.13. The topological polar surface area (TPSA) is 49.4 Å². The minimum Gasteiger partial charge on any atom is -0.353 e. The summed E-state index contributed by atoms with van der Waals surface area (Å²) in [5, 5.41) is 3.17. The zero-order valence-corrected chi connectivity index (χ0v) is 13.8. The third kappa shape index (κ3) is 4.12. The van der Waals surface area contributed by atoms with Crippen LogP contribution in [0.4, 0.5) is 0 Å². The van der Waals surface area contributed by atoms with Crippen LogP contribution in [0.25, 0.3) is 0 Å². The lowest BCUT2D eigenvalue weighted by atomic mass is 9.87. The predicted octanol–water partition coefficient (Wildman–Crippen LogP) is 2.73. The lowest BCUT2D eigenvalue weighted by Crippen LogP contribution is -2.41. The number of carbonyl (C=O) groups is 2. The van der Waals surface area contributed by atoms with Gasteiger partial charge in [-0.1, -0.05) is 37.3 Å². The van der Waals surface area contributed by atoms with E-state index in [4.69, 9.17) is 0 Å². The monoisotopic (exact) mass is 314 g/mol. The van der Waals surface area contributed by atoms with E-state index < -0.39 is 0 Å². The van der Waals surface area contributed by atoms with E-state index in [9.17, 15) is 9.59 Å². The number of nitrogens with zero attached hydrogens (tertiary/aromatic N) is 1. The van der Waals surface area contributed by atoms with E-state index >= 15 is 0 Å². The van der Waals surface area contributed by atoms with Crippen molar-refractivity contribution in [2.24, 2.45) is 11.8 Å². The van der Waals surface area contributed by atoms with Gasteiger partial charge in [0.25, 0.3) is 0 Å². The Balaban J connectivity index is 1.51. The third-order valence-electron chi connectivity index (χ3n) is 5.16. The summed E-state index contributed by atoms with van der Waals surface area (Å²) in [7, 11) is 0. The zero-order valence-electron chi connectivity index (χ0n) is 13.8. The molecule has 1 saturated heterocycles. The Morgan fingerprint density at radius 2 is 1.87 bits per heavy atom. The van der Waals surface area contributed by atoms with Gasteiger partial charge in [-0.25, -0.2) is 0 Å².